The predicted molar refractivity (Wildman–Crippen MR) is 94.7 cm³/mol. The van der Waals surface area contributed by atoms with E-state index in [1.807, 2.05) is 6.92 Å². The number of ether oxygens (including phenoxy) is 1. The fraction of sp³-hybridized carbons (Fsp3) is 0.375. The van der Waals surface area contributed by atoms with Gasteiger partial charge in [0.05, 0.1) is 11.5 Å². The summed E-state index contributed by atoms with van der Waals surface area (Å²) in [6.45, 7) is 3.07. The molecule has 3 N–H and O–H groups in total. The second-order valence-corrected chi connectivity index (χ2v) is 7.37. The van der Waals surface area contributed by atoms with E-state index in [2.05, 4.69) is 15.3 Å². The summed E-state index contributed by atoms with van der Waals surface area (Å²) in [4.78, 5) is 8.62. The molecule has 0 bridgehead atoms. The molecule has 0 aliphatic rings. The topological polar surface area (TPSA) is 107 Å². The fourth-order valence-electron chi connectivity index (χ4n) is 2.35. The van der Waals surface area contributed by atoms with Gasteiger partial charge in [-0.15, -0.1) is 0 Å². The van der Waals surface area contributed by atoms with Gasteiger partial charge in [-0.05, 0) is 29.7 Å². The molecule has 8 heteroatoms. The smallest absolute Gasteiger partial charge is 0.221 e. The van der Waals surface area contributed by atoms with Gasteiger partial charge in [0.15, 0.2) is 9.84 Å². The van der Waals surface area contributed by atoms with Gasteiger partial charge in [0.25, 0.3) is 0 Å². The first-order valence-corrected chi connectivity index (χ1v) is 9.44. The highest BCUT2D eigenvalue weighted by atomic mass is 32.2. The van der Waals surface area contributed by atoms with Crippen LogP contribution in [-0.4, -0.2) is 44.9 Å². The van der Waals surface area contributed by atoms with Crippen molar-refractivity contribution in [3.05, 3.63) is 30.0 Å². The Labute approximate surface area is 142 Å². The van der Waals surface area contributed by atoms with Crippen LogP contribution in [0.4, 0.5) is 11.8 Å². The van der Waals surface area contributed by atoms with Gasteiger partial charge < -0.3 is 15.8 Å². The summed E-state index contributed by atoms with van der Waals surface area (Å²) in [7, 11) is -1.63. The number of hydrogen-bond acceptors (Lipinski definition) is 7. The van der Waals surface area contributed by atoms with Crippen LogP contribution in [0.1, 0.15) is 12.5 Å². The van der Waals surface area contributed by atoms with Gasteiger partial charge >= 0.3 is 0 Å². The molecule has 130 valence electrons. The summed E-state index contributed by atoms with van der Waals surface area (Å²) >= 11 is 0. The highest BCUT2D eigenvalue weighted by Gasteiger charge is 2.15. The molecule has 24 heavy (non-hydrogen) atoms. The summed E-state index contributed by atoms with van der Waals surface area (Å²) in [5.41, 5.74) is 8.25. The van der Waals surface area contributed by atoms with Crippen molar-refractivity contribution in [2.45, 2.75) is 18.2 Å². The van der Waals surface area contributed by atoms with Gasteiger partial charge in [0.1, 0.15) is 5.82 Å². The van der Waals surface area contributed by atoms with Crippen molar-refractivity contribution < 1.29 is 13.2 Å². The minimum atomic E-state index is -3.25. The van der Waals surface area contributed by atoms with E-state index in [0.717, 1.165) is 16.7 Å². The van der Waals surface area contributed by atoms with E-state index in [0.29, 0.717) is 30.3 Å². The molecule has 0 amide bonds. The van der Waals surface area contributed by atoms with Crippen LogP contribution in [0.15, 0.2) is 29.3 Å². The maximum atomic E-state index is 11.8. The Morgan fingerprint density at radius 2 is 2.04 bits per heavy atom. The van der Waals surface area contributed by atoms with E-state index in [-0.39, 0.29) is 5.95 Å². The first-order valence-electron chi connectivity index (χ1n) is 7.55. The summed E-state index contributed by atoms with van der Waals surface area (Å²) in [6, 6.07) is 5.07. The van der Waals surface area contributed by atoms with Gasteiger partial charge in [0.2, 0.25) is 5.95 Å². The van der Waals surface area contributed by atoms with E-state index in [1.54, 1.807) is 31.5 Å². The number of nitrogens with zero attached hydrogens (tertiary/aromatic N) is 2. The number of nitrogens with one attached hydrogen (secondary N) is 1. The average Bonchev–Trinajstić information content (AvgIpc) is 2.54. The number of sulfone groups is 1. The molecule has 0 fully saturated rings. The molecule has 0 aliphatic carbocycles. The molecule has 2 aromatic rings. The largest absolute Gasteiger partial charge is 0.383 e. The molecule has 0 atom stereocenters. The van der Waals surface area contributed by atoms with Gasteiger partial charge in [0, 0.05) is 31.7 Å². The van der Waals surface area contributed by atoms with Crippen LogP contribution in [0.3, 0.4) is 0 Å². The lowest BCUT2D eigenvalue weighted by atomic mass is 9.99. The minimum absolute atomic E-state index is 0.171. The van der Waals surface area contributed by atoms with E-state index < -0.39 is 9.84 Å². The summed E-state index contributed by atoms with van der Waals surface area (Å²) in [5, 5.41) is 3.18. The Balaban J connectivity index is 2.51. The third kappa shape index (κ3) is 4.21. The quantitative estimate of drug-likeness (QED) is 0.732. The maximum absolute atomic E-state index is 11.8. The van der Waals surface area contributed by atoms with Crippen molar-refractivity contribution in [1.82, 2.24) is 9.97 Å². The van der Waals surface area contributed by atoms with E-state index in [9.17, 15) is 8.42 Å². The summed E-state index contributed by atoms with van der Waals surface area (Å²) < 4.78 is 28.6. The lowest BCUT2D eigenvalue weighted by molar-refractivity contribution is 0.210. The summed E-state index contributed by atoms with van der Waals surface area (Å²) in [6.07, 6.45) is 3.53. The SMILES string of the molecule is CCc1cc(S(C)(=O)=O)ccc1-c1cnc(N)nc1NCCOC. The first-order chi connectivity index (χ1) is 11.4. The average molecular weight is 350 g/mol. The fourth-order valence-corrected chi connectivity index (χ4v) is 3.03. The number of aryl methyl sites for hydroxylation is 1. The third-order valence-electron chi connectivity index (χ3n) is 3.58. The van der Waals surface area contributed by atoms with Crippen molar-refractivity contribution in [1.29, 1.82) is 0 Å². The molecule has 0 saturated heterocycles. The van der Waals surface area contributed by atoms with Crippen LogP contribution in [0.5, 0.6) is 0 Å². The standard InChI is InChI=1S/C16H22N4O3S/c1-4-11-9-12(24(3,21)22)5-6-13(11)14-10-19-16(17)20-15(14)18-7-8-23-2/h5-6,9-10H,4,7-8H2,1-3H3,(H3,17,18,19,20). The van der Waals surface area contributed by atoms with Crippen LogP contribution >= 0.6 is 0 Å². The Morgan fingerprint density at radius 3 is 2.67 bits per heavy atom. The Bertz CT molecular complexity index is 822. The summed E-state index contributed by atoms with van der Waals surface area (Å²) in [5.74, 6) is 0.769. The van der Waals surface area contributed by atoms with Crippen LogP contribution in [0, 0.1) is 0 Å². The Kier molecular flexibility index (Phi) is 5.74. The normalized spacial score (nSPS) is 11.5. The van der Waals surface area contributed by atoms with Crippen LogP contribution in [-0.2, 0) is 21.0 Å². The monoisotopic (exact) mass is 350 g/mol. The lowest BCUT2D eigenvalue weighted by Gasteiger charge is -2.14. The Morgan fingerprint density at radius 1 is 1.29 bits per heavy atom. The molecular formula is C16H22N4O3S. The molecule has 0 radical (unpaired) electrons. The van der Waals surface area contributed by atoms with Crippen molar-refractivity contribution in [3.63, 3.8) is 0 Å². The maximum Gasteiger partial charge on any atom is 0.221 e. The molecule has 1 heterocycles. The van der Waals surface area contributed by atoms with Gasteiger partial charge in [-0.2, -0.15) is 4.98 Å². The Hall–Kier alpha value is -2.19. The number of rotatable bonds is 7. The zero-order valence-electron chi connectivity index (χ0n) is 14.0. The molecule has 0 unspecified atom stereocenters. The molecule has 1 aromatic heterocycles. The van der Waals surface area contributed by atoms with Gasteiger partial charge in [-0.1, -0.05) is 13.0 Å². The first kappa shape index (κ1) is 18.2. The van der Waals surface area contributed by atoms with Gasteiger partial charge in [-0.3, -0.25) is 0 Å². The number of hydrogen-bond donors (Lipinski definition) is 2. The van der Waals surface area contributed by atoms with Crippen LogP contribution in [0.2, 0.25) is 0 Å². The molecule has 0 spiro atoms. The number of anilines is 2. The van der Waals surface area contributed by atoms with E-state index in [1.165, 1.54) is 6.26 Å². The van der Waals surface area contributed by atoms with Crippen LogP contribution in [0.25, 0.3) is 11.1 Å². The number of aromatic nitrogens is 2. The second kappa shape index (κ2) is 7.59. The number of methoxy groups -OCH3 is 1. The third-order valence-corrected chi connectivity index (χ3v) is 4.69. The van der Waals surface area contributed by atoms with E-state index in [4.69, 9.17) is 10.5 Å². The van der Waals surface area contributed by atoms with Crippen molar-refractivity contribution >= 4 is 21.6 Å². The number of nitrogen functional groups attached to an aromatic ring is 1. The molecule has 1 aromatic carbocycles. The van der Waals surface area contributed by atoms with Crippen LogP contribution < -0.4 is 11.1 Å². The lowest BCUT2D eigenvalue weighted by Crippen LogP contribution is -2.11. The minimum Gasteiger partial charge on any atom is -0.383 e. The highest BCUT2D eigenvalue weighted by molar-refractivity contribution is 7.90. The molecule has 7 nitrogen and oxygen atoms in total. The molecular weight excluding hydrogens is 328 g/mol. The van der Waals surface area contributed by atoms with Crippen molar-refractivity contribution in [3.8, 4) is 11.1 Å². The zero-order valence-corrected chi connectivity index (χ0v) is 14.9. The molecule has 0 saturated carbocycles. The van der Waals surface area contributed by atoms with Gasteiger partial charge in [-0.25, -0.2) is 13.4 Å². The van der Waals surface area contributed by atoms with E-state index >= 15 is 0 Å². The predicted octanol–water partition coefficient (Wildman–Crippen LogP) is 1.75. The second-order valence-electron chi connectivity index (χ2n) is 5.35. The molecule has 0 aliphatic heterocycles. The number of nitrogens with two attached hydrogens (primary N) is 1. The number of benzene rings is 1. The zero-order chi connectivity index (χ0) is 17.7. The van der Waals surface area contributed by atoms with Crippen molar-refractivity contribution in [2.75, 3.05) is 37.6 Å². The van der Waals surface area contributed by atoms with Crippen molar-refractivity contribution in [2.24, 2.45) is 0 Å². The highest BCUT2D eigenvalue weighted by Crippen LogP contribution is 2.31. The molecule has 2 rings (SSSR count).